The van der Waals surface area contributed by atoms with Gasteiger partial charge in [-0.1, -0.05) is 0 Å². The van der Waals surface area contributed by atoms with Crippen LogP contribution in [0.1, 0.15) is 12.8 Å². The fourth-order valence-corrected chi connectivity index (χ4v) is 1.67. The van der Waals surface area contributed by atoms with E-state index in [1.54, 1.807) is 0 Å². The molecule has 0 aromatic heterocycles. The molecule has 0 spiro atoms. The number of rotatable bonds is 2. The molecule has 1 heterocycles. The first-order valence-electron chi connectivity index (χ1n) is 5.21. The Balaban J connectivity index is 2.13. The molecule has 1 atom stereocenters. The van der Waals surface area contributed by atoms with E-state index in [9.17, 15) is 14.0 Å². The standard InChI is InChI=1S/C11H12FN3O2/c12-6-1-2-7(13)9(5-6)14-8-3-4-10(16)15-11(8)17/h1-2,5,8,14H,3-4,13H2,(H,15,16,17). The summed E-state index contributed by atoms with van der Waals surface area (Å²) >= 11 is 0. The monoisotopic (exact) mass is 237 g/mol. The van der Waals surface area contributed by atoms with Gasteiger partial charge < -0.3 is 11.1 Å². The van der Waals surface area contributed by atoms with Crippen LogP contribution in [0.3, 0.4) is 0 Å². The summed E-state index contributed by atoms with van der Waals surface area (Å²) in [5, 5.41) is 5.04. The van der Waals surface area contributed by atoms with Crippen molar-refractivity contribution in [3.8, 4) is 0 Å². The molecule has 5 nitrogen and oxygen atoms in total. The number of hydrogen-bond acceptors (Lipinski definition) is 4. The van der Waals surface area contributed by atoms with Gasteiger partial charge in [0.1, 0.15) is 11.9 Å². The van der Waals surface area contributed by atoms with Gasteiger partial charge >= 0.3 is 0 Å². The zero-order chi connectivity index (χ0) is 12.4. The van der Waals surface area contributed by atoms with Crippen LogP contribution in [-0.4, -0.2) is 17.9 Å². The Kier molecular flexibility index (Phi) is 2.95. The fourth-order valence-electron chi connectivity index (χ4n) is 1.67. The molecule has 2 amide bonds. The average Bonchev–Trinajstić information content (AvgIpc) is 2.27. The Bertz CT molecular complexity index is 476. The van der Waals surface area contributed by atoms with Crippen LogP contribution in [0.5, 0.6) is 0 Å². The Morgan fingerprint density at radius 3 is 2.88 bits per heavy atom. The van der Waals surface area contributed by atoms with Crippen LogP contribution in [-0.2, 0) is 9.59 Å². The van der Waals surface area contributed by atoms with Crippen molar-refractivity contribution in [3.05, 3.63) is 24.0 Å². The van der Waals surface area contributed by atoms with Crippen LogP contribution in [0.15, 0.2) is 18.2 Å². The summed E-state index contributed by atoms with van der Waals surface area (Å²) in [6, 6.07) is 3.32. The highest BCUT2D eigenvalue weighted by molar-refractivity contribution is 6.01. The van der Waals surface area contributed by atoms with Gasteiger partial charge in [-0.15, -0.1) is 0 Å². The van der Waals surface area contributed by atoms with Gasteiger partial charge in [0.15, 0.2) is 0 Å². The molecule has 1 aliphatic rings. The van der Waals surface area contributed by atoms with E-state index in [1.165, 1.54) is 18.2 Å². The van der Waals surface area contributed by atoms with Gasteiger partial charge in [0.2, 0.25) is 11.8 Å². The molecule has 1 fully saturated rings. The third-order valence-electron chi connectivity index (χ3n) is 2.58. The third-order valence-corrected chi connectivity index (χ3v) is 2.58. The van der Waals surface area contributed by atoms with Crippen molar-refractivity contribution < 1.29 is 14.0 Å². The molecule has 0 bridgehead atoms. The number of carbonyl (C=O) groups is 2. The second kappa shape index (κ2) is 4.40. The fraction of sp³-hybridized carbons (Fsp3) is 0.273. The van der Waals surface area contributed by atoms with E-state index in [-0.39, 0.29) is 12.3 Å². The quantitative estimate of drug-likeness (QED) is 0.520. The largest absolute Gasteiger partial charge is 0.397 e. The highest BCUT2D eigenvalue weighted by Gasteiger charge is 2.26. The van der Waals surface area contributed by atoms with Crippen LogP contribution in [0.4, 0.5) is 15.8 Å². The maximum atomic E-state index is 13.0. The smallest absolute Gasteiger partial charge is 0.249 e. The van der Waals surface area contributed by atoms with Gasteiger partial charge in [-0.25, -0.2) is 4.39 Å². The van der Waals surface area contributed by atoms with Crippen molar-refractivity contribution in [1.82, 2.24) is 5.32 Å². The van der Waals surface area contributed by atoms with E-state index in [0.29, 0.717) is 17.8 Å². The minimum atomic E-state index is -0.559. The first-order valence-corrected chi connectivity index (χ1v) is 5.21. The Morgan fingerprint density at radius 2 is 2.18 bits per heavy atom. The number of amides is 2. The molecule has 0 aliphatic carbocycles. The van der Waals surface area contributed by atoms with Crippen LogP contribution >= 0.6 is 0 Å². The van der Waals surface area contributed by atoms with E-state index in [1.807, 2.05) is 0 Å². The minimum absolute atomic E-state index is 0.263. The molecule has 0 radical (unpaired) electrons. The third kappa shape index (κ3) is 2.52. The van der Waals surface area contributed by atoms with Gasteiger partial charge in [0.05, 0.1) is 11.4 Å². The number of nitrogens with two attached hydrogens (primary N) is 1. The Labute approximate surface area is 97.2 Å². The number of carbonyl (C=O) groups excluding carboxylic acids is 2. The molecule has 1 aliphatic heterocycles. The van der Waals surface area contributed by atoms with Crippen molar-refractivity contribution in [2.75, 3.05) is 11.1 Å². The zero-order valence-electron chi connectivity index (χ0n) is 9.00. The highest BCUT2D eigenvalue weighted by atomic mass is 19.1. The molecule has 2 rings (SSSR count). The molecule has 1 unspecified atom stereocenters. The number of anilines is 2. The van der Waals surface area contributed by atoms with Crippen LogP contribution < -0.4 is 16.4 Å². The van der Waals surface area contributed by atoms with Crippen molar-refractivity contribution in [2.24, 2.45) is 0 Å². The van der Waals surface area contributed by atoms with E-state index < -0.39 is 17.8 Å². The molecule has 1 aromatic rings. The summed E-state index contributed by atoms with van der Waals surface area (Å²) in [5.41, 5.74) is 6.37. The molecule has 17 heavy (non-hydrogen) atoms. The lowest BCUT2D eigenvalue weighted by Crippen LogP contribution is -2.47. The van der Waals surface area contributed by atoms with E-state index in [2.05, 4.69) is 10.6 Å². The predicted molar refractivity (Wildman–Crippen MR) is 60.6 cm³/mol. The minimum Gasteiger partial charge on any atom is -0.397 e. The van der Waals surface area contributed by atoms with Gasteiger partial charge in [-0.05, 0) is 24.6 Å². The van der Waals surface area contributed by atoms with Crippen molar-refractivity contribution in [2.45, 2.75) is 18.9 Å². The van der Waals surface area contributed by atoms with Gasteiger partial charge in [0, 0.05) is 6.42 Å². The maximum Gasteiger partial charge on any atom is 0.249 e. The van der Waals surface area contributed by atoms with Crippen molar-refractivity contribution in [1.29, 1.82) is 0 Å². The second-order valence-corrected chi connectivity index (χ2v) is 3.88. The summed E-state index contributed by atoms with van der Waals surface area (Å²) in [6.07, 6.45) is 0.638. The summed E-state index contributed by atoms with van der Waals surface area (Å²) in [7, 11) is 0. The lowest BCUT2D eigenvalue weighted by atomic mass is 10.1. The summed E-state index contributed by atoms with van der Waals surface area (Å²) < 4.78 is 13.0. The number of benzene rings is 1. The molecule has 6 heteroatoms. The summed E-state index contributed by atoms with van der Waals surface area (Å²) in [4.78, 5) is 22.4. The van der Waals surface area contributed by atoms with Crippen LogP contribution in [0, 0.1) is 5.82 Å². The Morgan fingerprint density at radius 1 is 1.41 bits per heavy atom. The highest BCUT2D eigenvalue weighted by Crippen LogP contribution is 2.21. The summed E-state index contributed by atoms with van der Waals surface area (Å²) in [6.45, 7) is 0. The lowest BCUT2D eigenvalue weighted by molar-refractivity contribution is -0.133. The number of imide groups is 1. The topological polar surface area (TPSA) is 84.2 Å². The molecule has 4 N–H and O–H groups in total. The molecule has 90 valence electrons. The van der Waals surface area contributed by atoms with Gasteiger partial charge in [0.25, 0.3) is 0 Å². The molecule has 1 aromatic carbocycles. The van der Waals surface area contributed by atoms with Gasteiger partial charge in [-0.2, -0.15) is 0 Å². The normalized spacial score (nSPS) is 19.9. The summed E-state index contributed by atoms with van der Waals surface area (Å²) in [5.74, 6) is -1.14. The van der Waals surface area contributed by atoms with Crippen molar-refractivity contribution >= 4 is 23.2 Å². The molecule has 0 saturated carbocycles. The number of halogens is 1. The van der Waals surface area contributed by atoms with Gasteiger partial charge in [-0.3, -0.25) is 14.9 Å². The maximum absolute atomic E-state index is 13.0. The van der Waals surface area contributed by atoms with E-state index in [0.717, 1.165) is 0 Å². The van der Waals surface area contributed by atoms with Crippen LogP contribution in [0.2, 0.25) is 0 Å². The first kappa shape index (κ1) is 11.4. The zero-order valence-corrected chi connectivity index (χ0v) is 9.00. The van der Waals surface area contributed by atoms with Crippen LogP contribution in [0.25, 0.3) is 0 Å². The first-order chi connectivity index (χ1) is 8.06. The lowest BCUT2D eigenvalue weighted by Gasteiger charge is -2.23. The Hall–Kier alpha value is -2.11. The van der Waals surface area contributed by atoms with E-state index >= 15 is 0 Å². The number of nitrogens with one attached hydrogen (secondary N) is 2. The molecular formula is C11H12FN3O2. The SMILES string of the molecule is Nc1ccc(F)cc1NC1CCC(=O)NC1=O. The molecular weight excluding hydrogens is 225 g/mol. The predicted octanol–water partition coefficient (Wildman–Crippen LogP) is 0.625. The number of hydrogen-bond donors (Lipinski definition) is 3. The number of nitrogen functional groups attached to an aromatic ring is 1. The second-order valence-electron chi connectivity index (χ2n) is 3.88. The molecule has 1 saturated heterocycles. The van der Waals surface area contributed by atoms with Crippen molar-refractivity contribution in [3.63, 3.8) is 0 Å². The average molecular weight is 237 g/mol. The van der Waals surface area contributed by atoms with E-state index in [4.69, 9.17) is 5.73 Å². The number of piperidine rings is 1.